The summed E-state index contributed by atoms with van der Waals surface area (Å²) in [5.74, 6) is 5.55. The summed E-state index contributed by atoms with van der Waals surface area (Å²) in [7, 11) is 0. The molecule has 0 aliphatic heterocycles. The molecule has 0 saturated heterocycles. The van der Waals surface area contributed by atoms with Crippen LogP contribution < -0.4 is 0 Å². The van der Waals surface area contributed by atoms with E-state index in [4.69, 9.17) is 4.74 Å². The molecule has 0 aromatic rings. The van der Waals surface area contributed by atoms with Gasteiger partial charge in [0, 0.05) is 0 Å². The van der Waals surface area contributed by atoms with Crippen molar-refractivity contribution in [3.8, 4) is 0 Å². The third-order valence-electron chi connectivity index (χ3n) is 7.37. The minimum atomic E-state index is -0.310. The molecule has 0 aromatic carbocycles. The van der Waals surface area contributed by atoms with Crippen LogP contribution in [-0.2, 0) is 9.53 Å². The fourth-order valence-electron chi connectivity index (χ4n) is 6.08. The Kier molecular flexibility index (Phi) is 2.79. The summed E-state index contributed by atoms with van der Waals surface area (Å²) in [6.45, 7) is 6.11. The Morgan fingerprint density at radius 3 is 2.45 bits per heavy atom. The number of hydrogen-bond acceptors (Lipinski definition) is 2. The number of rotatable bonds is 3. The molecule has 4 aliphatic carbocycles. The number of carbonyl (C=O) groups is 1. The molecule has 4 aliphatic rings. The average Bonchev–Trinajstić information content (AvgIpc) is 3.16. The van der Waals surface area contributed by atoms with Crippen LogP contribution in [-0.4, -0.2) is 12.1 Å². The third-order valence-corrected chi connectivity index (χ3v) is 7.37. The molecule has 112 valence electrons. The molecular weight excluding hydrogens is 248 g/mol. The van der Waals surface area contributed by atoms with E-state index in [0.717, 1.165) is 36.0 Å². The van der Waals surface area contributed by atoms with E-state index in [1.807, 2.05) is 13.8 Å². The van der Waals surface area contributed by atoms with Gasteiger partial charge < -0.3 is 4.74 Å². The Bertz CT molecular complexity index is 427. The molecule has 2 heteroatoms. The van der Waals surface area contributed by atoms with E-state index in [1.165, 1.54) is 32.1 Å². The van der Waals surface area contributed by atoms with E-state index in [9.17, 15) is 4.79 Å². The van der Waals surface area contributed by atoms with Crippen molar-refractivity contribution in [3.05, 3.63) is 0 Å². The number of esters is 1. The molecule has 0 aromatic heterocycles. The van der Waals surface area contributed by atoms with Crippen LogP contribution in [0.4, 0.5) is 0 Å². The molecule has 0 spiro atoms. The van der Waals surface area contributed by atoms with Crippen molar-refractivity contribution < 1.29 is 9.53 Å². The minimum Gasteiger partial charge on any atom is -0.462 e. The van der Waals surface area contributed by atoms with Gasteiger partial charge in [0.25, 0.3) is 0 Å². The molecule has 20 heavy (non-hydrogen) atoms. The summed E-state index contributed by atoms with van der Waals surface area (Å²) in [5, 5.41) is 0. The molecule has 0 heterocycles. The number of carbonyl (C=O) groups excluding carboxylic acids is 1. The van der Waals surface area contributed by atoms with E-state index in [1.54, 1.807) is 0 Å². The zero-order chi connectivity index (χ0) is 14.1. The van der Waals surface area contributed by atoms with Gasteiger partial charge in [0.05, 0.1) is 5.41 Å². The van der Waals surface area contributed by atoms with Crippen LogP contribution in [0.3, 0.4) is 0 Å². The summed E-state index contributed by atoms with van der Waals surface area (Å²) in [6, 6.07) is 0. The SMILES string of the molecule is CCC(C)(C)C(=O)OC1CC2CC1C1C3CCC(C3)C21. The second-order valence-corrected chi connectivity index (χ2v) is 8.56. The number of hydrogen-bond donors (Lipinski definition) is 0. The fourth-order valence-corrected chi connectivity index (χ4v) is 6.08. The van der Waals surface area contributed by atoms with Crippen LogP contribution in [0.5, 0.6) is 0 Å². The molecular formula is C18H28O2. The first-order chi connectivity index (χ1) is 9.51. The van der Waals surface area contributed by atoms with Crippen molar-refractivity contribution in [1.82, 2.24) is 0 Å². The van der Waals surface area contributed by atoms with Gasteiger partial charge in [-0.15, -0.1) is 0 Å². The normalized spacial score (nSPS) is 48.6. The van der Waals surface area contributed by atoms with Crippen molar-refractivity contribution in [2.24, 2.45) is 40.9 Å². The monoisotopic (exact) mass is 276 g/mol. The fraction of sp³-hybridized carbons (Fsp3) is 0.944. The first kappa shape index (κ1) is 13.2. The van der Waals surface area contributed by atoms with Gasteiger partial charge >= 0.3 is 5.97 Å². The lowest BCUT2D eigenvalue weighted by molar-refractivity contribution is -0.164. The topological polar surface area (TPSA) is 26.3 Å². The molecule has 4 saturated carbocycles. The van der Waals surface area contributed by atoms with Crippen LogP contribution >= 0.6 is 0 Å². The Morgan fingerprint density at radius 1 is 1.05 bits per heavy atom. The Balaban J connectivity index is 1.47. The second-order valence-electron chi connectivity index (χ2n) is 8.56. The molecule has 0 radical (unpaired) electrons. The molecule has 7 atom stereocenters. The van der Waals surface area contributed by atoms with Gasteiger partial charge in [-0.2, -0.15) is 0 Å². The minimum absolute atomic E-state index is 0.0391. The highest BCUT2D eigenvalue weighted by Gasteiger charge is 2.63. The first-order valence-corrected chi connectivity index (χ1v) is 8.72. The van der Waals surface area contributed by atoms with Crippen molar-refractivity contribution in [3.63, 3.8) is 0 Å². The second kappa shape index (κ2) is 4.24. The van der Waals surface area contributed by atoms with E-state index in [2.05, 4.69) is 6.92 Å². The van der Waals surface area contributed by atoms with Gasteiger partial charge in [-0.05, 0) is 87.9 Å². The molecule has 4 fully saturated rings. The highest BCUT2D eigenvalue weighted by Crippen LogP contribution is 2.67. The highest BCUT2D eigenvalue weighted by atomic mass is 16.5. The largest absolute Gasteiger partial charge is 0.462 e. The standard InChI is InChI=1S/C18H28O2/c1-4-18(2,3)17(19)20-14-9-12-8-13(14)16-11-6-5-10(7-11)15(12)16/h10-16H,4-9H2,1-3H3. The Labute approximate surface area is 122 Å². The van der Waals surface area contributed by atoms with E-state index >= 15 is 0 Å². The van der Waals surface area contributed by atoms with Crippen LogP contribution in [0.1, 0.15) is 59.3 Å². The predicted octanol–water partition coefficient (Wildman–Crippen LogP) is 4.04. The smallest absolute Gasteiger partial charge is 0.311 e. The van der Waals surface area contributed by atoms with Gasteiger partial charge in [-0.1, -0.05) is 6.92 Å². The molecule has 7 unspecified atom stereocenters. The van der Waals surface area contributed by atoms with Crippen LogP contribution in [0, 0.1) is 40.9 Å². The average molecular weight is 276 g/mol. The zero-order valence-electron chi connectivity index (χ0n) is 13.1. The van der Waals surface area contributed by atoms with Gasteiger partial charge in [0.1, 0.15) is 6.10 Å². The number of ether oxygens (including phenoxy) is 1. The van der Waals surface area contributed by atoms with Gasteiger partial charge in [-0.25, -0.2) is 0 Å². The van der Waals surface area contributed by atoms with Crippen molar-refractivity contribution in [2.75, 3.05) is 0 Å². The maximum absolute atomic E-state index is 12.4. The lowest BCUT2D eigenvalue weighted by Gasteiger charge is -2.39. The summed E-state index contributed by atoms with van der Waals surface area (Å²) in [5.41, 5.74) is -0.310. The molecule has 0 N–H and O–H groups in total. The van der Waals surface area contributed by atoms with Crippen molar-refractivity contribution >= 4 is 5.97 Å². The van der Waals surface area contributed by atoms with E-state index in [-0.39, 0.29) is 17.5 Å². The molecule has 4 bridgehead atoms. The molecule has 0 amide bonds. The summed E-state index contributed by atoms with van der Waals surface area (Å²) in [4.78, 5) is 12.4. The summed E-state index contributed by atoms with van der Waals surface area (Å²) >= 11 is 0. The lowest BCUT2D eigenvalue weighted by Crippen LogP contribution is -2.39. The van der Waals surface area contributed by atoms with Gasteiger partial charge in [0.15, 0.2) is 0 Å². The predicted molar refractivity (Wildman–Crippen MR) is 78.0 cm³/mol. The lowest BCUT2D eigenvalue weighted by atomic mass is 9.70. The zero-order valence-corrected chi connectivity index (χ0v) is 13.1. The van der Waals surface area contributed by atoms with E-state index in [0.29, 0.717) is 5.92 Å². The maximum atomic E-state index is 12.4. The van der Waals surface area contributed by atoms with Crippen molar-refractivity contribution in [2.45, 2.75) is 65.4 Å². The third kappa shape index (κ3) is 1.66. The molecule has 2 nitrogen and oxygen atoms in total. The maximum Gasteiger partial charge on any atom is 0.311 e. The van der Waals surface area contributed by atoms with Crippen molar-refractivity contribution in [1.29, 1.82) is 0 Å². The van der Waals surface area contributed by atoms with Gasteiger partial charge in [-0.3, -0.25) is 4.79 Å². The quantitative estimate of drug-likeness (QED) is 0.574. The summed E-state index contributed by atoms with van der Waals surface area (Å²) < 4.78 is 5.98. The van der Waals surface area contributed by atoms with E-state index < -0.39 is 0 Å². The van der Waals surface area contributed by atoms with Gasteiger partial charge in [0.2, 0.25) is 0 Å². The Hall–Kier alpha value is -0.530. The van der Waals surface area contributed by atoms with Crippen LogP contribution in [0.2, 0.25) is 0 Å². The first-order valence-electron chi connectivity index (χ1n) is 8.72. The van der Waals surface area contributed by atoms with Crippen LogP contribution in [0.15, 0.2) is 0 Å². The number of fused-ring (bicyclic) bond motifs is 9. The highest BCUT2D eigenvalue weighted by molar-refractivity contribution is 5.76. The Morgan fingerprint density at radius 2 is 1.75 bits per heavy atom. The summed E-state index contributed by atoms with van der Waals surface area (Å²) in [6.07, 6.45) is 8.07. The molecule has 4 rings (SSSR count). The van der Waals surface area contributed by atoms with Crippen LogP contribution in [0.25, 0.3) is 0 Å².